The molecule has 1 aliphatic rings. The second-order valence-corrected chi connectivity index (χ2v) is 10.4. The van der Waals surface area contributed by atoms with Crippen molar-refractivity contribution in [2.45, 2.75) is 42.7 Å². The van der Waals surface area contributed by atoms with Gasteiger partial charge >= 0.3 is 23.0 Å². The minimum Gasteiger partial charge on any atom is -0.480 e. The predicted molar refractivity (Wildman–Crippen MR) is 127 cm³/mol. The van der Waals surface area contributed by atoms with Gasteiger partial charge in [-0.15, -0.1) is 0 Å². The van der Waals surface area contributed by atoms with Crippen LogP contribution in [0, 0.1) is 0 Å². The molecule has 0 spiro atoms. The number of carbonyl (C=O) groups is 2. The molecule has 2 aromatic rings. The molecule has 0 aliphatic carbocycles. The summed E-state index contributed by atoms with van der Waals surface area (Å²) in [6.45, 7) is 3.01. The van der Waals surface area contributed by atoms with Gasteiger partial charge in [-0.25, -0.2) is 8.42 Å². The number of aliphatic hydroxyl groups excluding tert-OH is 1. The van der Waals surface area contributed by atoms with E-state index in [9.17, 15) is 23.1 Å². The van der Waals surface area contributed by atoms with Crippen LogP contribution >= 0.6 is 0 Å². The van der Waals surface area contributed by atoms with Gasteiger partial charge in [-0.2, -0.15) is 4.72 Å². The van der Waals surface area contributed by atoms with Crippen LogP contribution in [0.5, 0.6) is 0 Å². The van der Waals surface area contributed by atoms with Gasteiger partial charge in [0.25, 0.3) is 0 Å². The van der Waals surface area contributed by atoms with Crippen molar-refractivity contribution in [3.63, 3.8) is 0 Å². The molecule has 0 unspecified atom stereocenters. The number of carboxylic acid groups (broad SMARTS) is 1. The number of hydrogen-bond donors (Lipinski definition) is 5. The first-order valence-corrected chi connectivity index (χ1v) is 11.9. The number of aliphatic hydroxyl groups is 1. The van der Waals surface area contributed by atoms with Gasteiger partial charge < -0.3 is 26.2 Å². The van der Waals surface area contributed by atoms with Crippen LogP contribution in [0.1, 0.15) is 26.7 Å². The summed E-state index contributed by atoms with van der Waals surface area (Å²) in [4.78, 5) is 23.7. The van der Waals surface area contributed by atoms with E-state index in [-0.39, 0.29) is 27.9 Å². The number of hydrogen-bond acceptors (Lipinski definition) is 7. The van der Waals surface area contributed by atoms with Crippen LogP contribution in [0.3, 0.4) is 0 Å². The molecule has 0 aromatic heterocycles. The van der Waals surface area contributed by atoms with Gasteiger partial charge in [0, 0.05) is 25.2 Å². The quantitative estimate of drug-likeness (QED) is 0.317. The first kappa shape index (κ1) is 29.8. The molecular formula is C22H32CuN4O6S+. The van der Waals surface area contributed by atoms with Gasteiger partial charge in [0.2, 0.25) is 15.9 Å². The minimum atomic E-state index is -4.10. The van der Waals surface area contributed by atoms with Gasteiger partial charge in [-0.3, -0.25) is 9.59 Å². The van der Waals surface area contributed by atoms with Gasteiger partial charge in [0.05, 0.1) is 17.0 Å². The van der Waals surface area contributed by atoms with Crippen LogP contribution < -0.4 is 20.7 Å². The molecule has 12 heteroatoms. The maximum absolute atomic E-state index is 12.5. The van der Waals surface area contributed by atoms with Gasteiger partial charge in [-0.05, 0) is 56.8 Å². The van der Waals surface area contributed by atoms with E-state index in [1.165, 1.54) is 12.1 Å². The topological polar surface area (TPSA) is 162 Å². The van der Waals surface area contributed by atoms with E-state index >= 15 is 0 Å². The third-order valence-corrected chi connectivity index (χ3v) is 7.28. The van der Waals surface area contributed by atoms with Crippen LogP contribution in [0.2, 0.25) is 0 Å². The molecule has 34 heavy (non-hydrogen) atoms. The number of nitrogens with two attached hydrogens (primary N) is 1. The second kappa shape index (κ2) is 11.5. The fourth-order valence-electron chi connectivity index (χ4n) is 3.41. The number of sulfonamides is 1. The Morgan fingerprint density at radius 3 is 2.35 bits per heavy atom. The van der Waals surface area contributed by atoms with Crippen molar-refractivity contribution >= 4 is 38.4 Å². The summed E-state index contributed by atoms with van der Waals surface area (Å²) in [5, 5.41) is 23.0. The van der Waals surface area contributed by atoms with Crippen molar-refractivity contribution in [1.29, 1.82) is 0 Å². The number of rotatable bonds is 7. The Morgan fingerprint density at radius 2 is 1.91 bits per heavy atom. The molecule has 1 amide bonds. The molecule has 3 rings (SSSR count). The average molecular weight is 544 g/mol. The third-order valence-electron chi connectivity index (χ3n) is 5.68. The molecule has 1 saturated heterocycles. The summed E-state index contributed by atoms with van der Waals surface area (Å²) in [7, 11) is -0.325. The largest absolute Gasteiger partial charge is 1.00 e. The normalized spacial score (nSPS) is 19.3. The van der Waals surface area contributed by atoms with Crippen molar-refractivity contribution in [2.75, 3.05) is 32.1 Å². The fourth-order valence-corrected chi connectivity index (χ4v) is 4.80. The number of benzene rings is 2. The van der Waals surface area contributed by atoms with Crippen molar-refractivity contribution in [3.05, 3.63) is 36.4 Å². The maximum Gasteiger partial charge on any atom is 1.00 e. The summed E-state index contributed by atoms with van der Waals surface area (Å²) in [5.41, 5.74) is 3.67. The van der Waals surface area contributed by atoms with Gasteiger partial charge in [-0.1, -0.05) is 18.2 Å². The van der Waals surface area contributed by atoms with Gasteiger partial charge in [0.1, 0.15) is 5.54 Å². The van der Waals surface area contributed by atoms with E-state index in [1.54, 1.807) is 12.1 Å². The Bertz CT molecular complexity index is 1140. The molecule has 10 nitrogen and oxygen atoms in total. The third kappa shape index (κ3) is 6.68. The van der Waals surface area contributed by atoms with Crippen LogP contribution in [0.25, 0.3) is 10.8 Å². The number of carboxylic acids is 1. The first-order chi connectivity index (χ1) is 15.3. The zero-order chi connectivity index (χ0) is 25.0. The Balaban J connectivity index is 0.000000486. The molecule has 0 radical (unpaired) electrons. The standard InChI is InChI=1S/C16H20N2O5S.C6H12N2O.Cu/c1-16(10-19,15(20)21)17-24(22,23)12-7-8-13-11(9-12)5-4-6-14(13)18(2)3;1-6(5(7)9)3-2-4-8-6;/h4-9,17,19H,10H2,1-3H3,(H,20,21);8H,2-4H2,1H3,(H2,7,9);/q;;+1/t16-;6-;/m10./s1. The zero-order valence-corrected chi connectivity index (χ0v) is 21.3. The average Bonchev–Trinajstić information content (AvgIpc) is 3.20. The number of aliphatic carboxylic acids is 1. The SMILES string of the molecule is CN(C)c1cccc2cc(S(=O)(=O)N[C@](C)(CO)C(=O)O)ccc12.C[C@@]1(C(N)=O)CCCN1.[Cu+]. The fraction of sp³-hybridized carbons (Fsp3) is 0.455. The van der Waals surface area contributed by atoms with E-state index < -0.39 is 33.7 Å². The van der Waals surface area contributed by atoms with Crippen molar-refractivity contribution in [1.82, 2.24) is 10.0 Å². The summed E-state index contributed by atoms with van der Waals surface area (Å²) < 4.78 is 27.0. The molecule has 2 atom stereocenters. The number of nitrogens with zero attached hydrogens (tertiary/aromatic N) is 1. The number of fused-ring (bicyclic) bond motifs is 1. The number of carbonyl (C=O) groups excluding carboxylic acids is 1. The zero-order valence-electron chi connectivity index (χ0n) is 19.6. The summed E-state index contributed by atoms with van der Waals surface area (Å²) in [6, 6.07) is 10.1. The van der Waals surface area contributed by atoms with Crippen LogP contribution in [-0.2, 0) is 36.7 Å². The molecule has 0 bridgehead atoms. The van der Waals surface area contributed by atoms with Crippen molar-refractivity contribution in [3.8, 4) is 0 Å². The maximum atomic E-state index is 12.5. The Hall–Kier alpha value is -2.21. The molecule has 1 heterocycles. The molecular weight excluding hydrogens is 512 g/mol. The number of amides is 1. The molecule has 192 valence electrons. The van der Waals surface area contributed by atoms with Crippen molar-refractivity contribution < 1.29 is 45.3 Å². The monoisotopic (exact) mass is 543 g/mol. The van der Waals surface area contributed by atoms with E-state index in [0.29, 0.717) is 5.39 Å². The molecule has 2 aromatic carbocycles. The van der Waals surface area contributed by atoms with Gasteiger partial charge in [0.15, 0.2) is 0 Å². The molecule has 0 saturated carbocycles. The van der Waals surface area contributed by atoms with E-state index in [2.05, 4.69) is 5.32 Å². The Morgan fingerprint density at radius 1 is 1.26 bits per heavy atom. The van der Waals surface area contributed by atoms with Crippen molar-refractivity contribution in [2.24, 2.45) is 5.73 Å². The molecule has 1 aliphatic heterocycles. The Kier molecular flexibility index (Phi) is 10.1. The van der Waals surface area contributed by atoms with Crippen LogP contribution in [0.4, 0.5) is 5.69 Å². The number of nitrogens with one attached hydrogen (secondary N) is 2. The van der Waals surface area contributed by atoms with Crippen LogP contribution in [0.15, 0.2) is 41.3 Å². The number of anilines is 1. The summed E-state index contributed by atoms with van der Waals surface area (Å²) in [6.07, 6.45) is 1.93. The van der Waals surface area contributed by atoms with E-state index in [1.807, 2.05) is 42.8 Å². The summed E-state index contributed by atoms with van der Waals surface area (Å²) in [5.74, 6) is -1.69. The smallest absolute Gasteiger partial charge is 0.480 e. The molecule has 6 N–H and O–H groups in total. The summed E-state index contributed by atoms with van der Waals surface area (Å²) >= 11 is 0. The first-order valence-electron chi connectivity index (χ1n) is 10.4. The molecule has 1 fully saturated rings. The Labute approximate surface area is 210 Å². The van der Waals surface area contributed by atoms with Crippen LogP contribution in [-0.4, -0.2) is 68.8 Å². The minimum absolute atomic E-state index is 0. The number of primary amides is 1. The second-order valence-electron chi connectivity index (χ2n) is 8.68. The van der Waals surface area contributed by atoms with E-state index in [4.69, 9.17) is 10.8 Å². The predicted octanol–water partition coefficient (Wildman–Crippen LogP) is 0.631. The van der Waals surface area contributed by atoms with E-state index in [0.717, 1.165) is 37.4 Å².